The number of hydrogen-bond acceptors (Lipinski definition) is 3. The SMILES string of the molecule is CCC[C@@]1(O)CC[C@@]2(Cc3ccccc3)c3ccc(C(=O)NCc4cccnc4)cc3CC[C@@H]2C1. The third kappa shape index (κ3) is 4.90. The Labute approximate surface area is 208 Å². The zero-order valence-electron chi connectivity index (χ0n) is 20.7. The Morgan fingerprint density at radius 3 is 2.69 bits per heavy atom. The van der Waals surface area contributed by atoms with Gasteiger partial charge in [0.15, 0.2) is 0 Å². The first kappa shape index (κ1) is 23.7. The molecule has 2 aromatic carbocycles. The van der Waals surface area contributed by atoms with Crippen LogP contribution in [0.25, 0.3) is 0 Å². The van der Waals surface area contributed by atoms with Crippen LogP contribution in [0.5, 0.6) is 0 Å². The lowest BCUT2D eigenvalue weighted by atomic mass is 9.52. The Balaban J connectivity index is 1.43. The van der Waals surface area contributed by atoms with Gasteiger partial charge in [-0.1, -0.05) is 55.8 Å². The average Bonchev–Trinajstić information content (AvgIpc) is 2.89. The molecule has 3 aromatic rings. The number of aryl methyl sites for hydroxylation is 1. The van der Waals surface area contributed by atoms with Gasteiger partial charge in [0.1, 0.15) is 0 Å². The topological polar surface area (TPSA) is 62.2 Å². The molecule has 5 rings (SSSR count). The maximum atomic E-state index is 12.9. The number of nitrogens with one attached hydrogen (secondary N) is 1. The highest BCUT2D eigenvalue weighted by atomic mass is 16.3. The maximum absolute atomic E-state index is 12.9. The number of pyridine rings is 1. The standard InChI is InChI=1S/C31H36N2O2/c1-2-14-30(35)15-16-31(19-23-7-4-3-5-8-23)27(20-30)12-10-25-18-26(11-13-28(25)31)29(34)33-22-24-9-6-17-32-21-24/h3-9,11,13,17-18,21,27,35H,2,10,12,14-16,19-20,22H2,1H3,(H,33,34)/t27-,30-,31+/m1/s1. The quantitative estimate of drug-likeness (QED) is 0.463. The van der Waals surface area contributed by atoms with E-state index in [0.29, 0.717) is 12.5 Å². The van der Waals surface area contributed by atoms with Gasteiger partial charge in [0.2, 0.25) is 0 Å². The molecule has 2 aliphatic carbocycles. The molecule has 35 heavy (non-hydrogen) atoms. The lowest BCUT2D eigenvalue weighted by molar-refractivity contribution is -0.0565. The van der Waals surface area contributed by atoms with Crippen LogP contribution in [-0.4, -0.2) is 21.6 Å². The van der Waals surface area contributed by atoms with Crippen LogP contribution in [0, 0.1) is 5.92 Å². The van der Waals surface area contributed by atoms with Crippen LogP contribution in [0.1, 0.15) is 78.1 Å². The van der Waals surface area contributed by atoms with Gasteiger partial charge in [0, 0.05) is 29.9 Å². The van der Waals surface area contributed by atoms with Crippen LogP contribution >= 0.6 is 0 Å². The van der Waals surface area contributed by atoms with E-state index in [2.05, 4.69) is 59.7 Å². The second-order valence-electron chi connectivity index (χ2n) is 10.6. The van der Waals surface area contributed by atoms with E-state index in [4.69, 9.17) is 0 Å². The average molecular weight is 469 g/mol. The molecular weight excluding hydrogens is 432 g/mol. The van der Waals surface area contributed by atoms with Gasteiger partial charge in [-0.05, 0) is 91.3 Å². The van der Waals surface area contributed by atoms with Gasteiger partial charge in [-0.3, -0.25) is 9.78 Å². The highest BCUT2D eigenvalue weighted by Crippen LogP contribution is 2.55. The van der Waals surface area contributed by atoms with Gasteiger partial charge >= 0.3 is 0 Å². The normalized spacial score (nSPS) is 25.4. The predicted octanol–water partition coefficient (Wildman–Crippen LogP) is 5.77. The Morgan fingerprint density at radius 1 is 1.09 bits per heavy atom. The van der Waals surface area contributed by atoms with E-state index in [1.165, 1.54) is 16.7 Å². The molecule has 0 saturated heterocycles. The van der Waals surface area contributed by atoms with Crippen LogP contribution in [0.4, 0.5) is 0 Å². The van der Waals surface area contributed by atoms with Gasteiger partial charge in [0.05, 0.1) is 5.60 Å². The summed E-state index contributed by atoms with van der Waals surface area (Å²) in [6.07, 6.45) is 11.1. The lowest BCUT2D eigenvalue weighted by Gasteiger charge is -2.53. The molecule has 1 fully saturated rings. The fraction of sp³-hybridized carbons (Fsp3) is 0.419. The van der Waals surface area contributed by atoms with E-state index in [0.717, 1.165) is 62.5 Å². The largest absolute Gasteiger partial charge is 0.390 e. The summed E-state index contributed by atoms with van der Waals surface area (Å²) in [5.74, 6) is 0.405. The van der Waals surface area contributed by atoms with Gasteiger partial charge in [-0.25, -0.2) is 0 Å². The smallest absolute Gasteiger partial charge is 0.251 e. The van der Waals surface area contributed by atoms with E-state index < -0.39 is 5.60 Å². The number of benzene rings is 2. The first-order valence-electron chi connectivity index (χ1n) is 13.1. The van der Waals surface area contributed by atoms with Crippen LogP contribution in [-0.2, 0) is 24.8 Å². The summed E-state index contributed by atoms with van der Waals surface area (Å²) in [7, 11) is 0. The van der Waals surface area contributed by atoms with Crippen molar-refractivity contribution in [3.05, 3.63) is 101 Å². The molecule has 4 nitrogen and oxygen atoms in total. The summed E-state index contributed by atoms with van der Waals surface area (Å²) >= 11 is 0. The first-order chi connectivity index (χ1) is 17.0. The molecular formula is C31H36N2O2. The number of rotatable bonds is 7. The van der Waals surface area contributed by atoms with E-state index in [9.17, 15) is 9.90 Å². The summed E-state index contributed by atoms with van der Waals surface area (Å²) in [5, 5.41) is 14.4. The number of aromatic nitrogens is 1. The van der Waals surface area contributed by atoms with Crippen molar-refractivity contribution in [3.8, 4) is 0 Å². The molecule has 2 aliphatic rings. The summed E-state index contributed by atoms with van der Waals surface area (Å²) in [6.45, 7) is 2.64. The number of fused-ring (bicyclic) bond motifs is 3. The Morgan fingerprint density at radius 2 is 1.91 bits per heavy atom. The van der Waals surface area contributed by atoms with Crippen molar-refractivity contribution < 1.29 is 9.90 Å². The lowest BCUT2D eigenvalue weighted by Crippen LogP contribution is -2.51. The van der Waals surface area contributed by atoms with Gasteiger partial charge < -0.3 is 10.4 Å². The highest BCUT2D eigenvalue weighted by molar-refractivity contribution is 5.94. The van der Waals surface area contributed by atoms with Crippen molar-refractivity contribution in [2.75, 3.05) is 0 Å². The molecule has 3 atom stereocenters. The molecule has 1 heterocycles. The molecule has 0 aliphatic heterocycles. The molecule has 4 heteroatoms. The van der Waals surface area contributed by atoms with Crippen molar-refractivity contribution in [1.29, 1.82) is 0 Å². The van der Waals surface area contributed by atoms with Crippen molar-refractivity contribution in [3.63, 3.8) is 0 Å². The van der Waals surface area contributed by atoms with Crippen molar-refractivity contribution in [2.45, 2.75) is 75.9 Å². The van der Waals surface area contributed by atoms with Gasteiger partial charge in [-0.2, -0.15) is 0 Å². The molecule has 0 spiro atoms. The van der Waals surface area contributed by atoms with Crippen molar-refractivity contribution >= 4 is 5.91 Å². The molecule has 0 bridgehead atoms. The highest BCUT2D eigenvalue weighted by Gasteiger charge is 2.51. The zero-order chi connectivity index (χ0) is 24.3. The fourth-order valence-corrected chi connectivity index (χ4v) is 6.67. The van der Waals surface area contributed by atoms with Crippen LogP contribution in [0.15, 0.2) is 73.1 Å². The molecule has 2 N–H and O–H groups in total. The van der Waals surface area contributed by atoms with E-state index >= 15 is 0 Å². The molecule has 1 amide bonds. The van der Waals surface area contributed by atoms with Gasteiger partial charge in [-0.15, -0.1) is 0 Å². The molecule has 1 aromatic heterocycles. The van der Waals surface area contributed by atoms with E-state index in [1.807, 2.05) is 18.2 Å². The van der Waals surface area contributed by atoms with Crippen LogP contribution in [0.3, 0.4) is 0 Å². The summed E-state index contributed by atoms with van der Waals surface area (Å²) < 4.78 is 0. The second-order valence-corrected chi connectivity index (χ2v) is 10.6. The zero-order valence-corrected chi connectivity index (χ0v) is 20.7. The minimum Gasteiger partial charge on any atom is -0.390 e. The van der Waals surface area contributed by atoms with Crippen LogP contribution in [0.2, 0.25) is 0 Å². The monoisotopic (exact) mass is 468 g/mol. The maximum Gasteiger partial charge on any atom is 0.251 e. The summed E-state index contributed by atoms with van der Waals surface area (Å²) in [6, 6.07) is 21.0. The number of hydrogen-bond donors (Lipinski definition) is 2. The molecule has 182 valence electrons. The Bertz CT molecular complexity index is 1160. The third-order valence-corrected chi connectivity index (χ3v) is 8.36. The van der Waals surface area contributed by atoms with Gasteiger partial charge in [0.25, 0.3) is 5.91 Å². The van der Waals surface area contributed by atoms with E-state index in [-0.39, 0.29) is 11.3 Å². The van der Waals surface area contributed by atoms with Crippen LogP contribution < -0.4 is 5.32 Å². The summed E-state index contributed by atoms with van der Waals surface area (Å²) in [5.41, 5.74) is 5.23. The Kier molecular flexibility index (Phi) is 6.75. The summed E-state index contributed by atoms with van der Waals surface area (Å²) in [4.78, 5) is 17.1. The first-order valence-corrected chi connectivity index (χ1v) is 13.1. The van der Waals surface area contributed by atoms with E-state index in [1.54, 1.807) is 12.4 Å². The van der Waals surface area contributed by atoms with Crippen molar-refractivity contribution in [2.24, 2.45) is 5.92 Å². The fourth-order valence-electron chi connectivity index (χ4n) is 6.67. The minimum absolute atomic E-state index is 0.0135. The second kappa shape index (κ2) is 9.94. The predicted molar refractivity (Wildman–Crippen MR) is 139 cm³/mol. The number of amides is 1. The number of aliphatic hydroxyl groups is 1. The Hall–Kier alpha value is -2.98. The number of carbonyl (C=O) groups excluding carboxylic acids is 1. The van der Waals surface area contributed by atoms with Crippen molar-refractivity contribution in [1.82, 2.24) is 10.3 Å². The molecule has 0 unspecified atom stereocenters. The number of carbonyl (C=O) groups is 1. The molecule has 1 saturated carbocycles. The third-order valence-electron chi connectivity index (χ3n) is 8.36. The molecule has 0 radical (unpaired) electrons. The number of nitrogens with zero attached hydrogens (tertiary/aromatic N) is 1. The minimum atomic E-state index is -0.538.